The van der Waals surface area contributed by atoms with E-state index in [0.29, 0.717) is 36.9 Å². The summed E-state index contributed by atoms with van der Waals surface area (Å²) in [5.41, 5.74) is 3.66. The SMILES string of the molecule is CCN(CC)CCN(C(=O)c1ccc(S(=O)(=O)N(C)CC2CCCO2)cc1)c1nc2cc(C)c(C)cc2s1.Cl. The minimum Gasteiger partial charge on any atom is -0.377 e. The first-order valence-electron chi connectivity index (χ1n) is 13.2. The van der Waals surface area contributed by atoms with Crippen LogP contribution in [0.15, 0.2) is 41.3 Å². The fourth-order valence-electron chi connectivity index (χ4n) is 4.63. The molecule has 1 fully saturated rings. The van der Waals surface area contributed by atoms with Crippen molar-refractivity contribution in [1.29, 1.82) is 0 Å². The smallest absolute Gasteiger partial charge is 0.260 e. The van der Waals surface area contributed by atoms with Crippen molar-refractivity contribution >= 4 is 55.0 Å². The number of fused-ring (bicyclic) bond motifs is 1. The second-order valence-corrected chi connectivity index (χ2v) is 12.9. The number of hydrogen-bond acceptors (Lipinski definition) is 7. The Kier molecular flexibility index (Phi) is 10.9. The molecule has 0 aliphatic carbocycles. The first-order valence-corrected chi connectivity index (χ1v) is 15.5. The Morgan fingerprint density at radius 2 is 1.74 bits per heavy atom. The van der Waals surface area contributed by atoms with Crippen LogP contribution in [-0.4, -0.2) is 81.0 Å². The molecule has 2 aromatic carbocycles. The second kappa shape index (κ2) is 13.5. The number of halogens is 1. The van der Waals surface area contributed by atoms with Crippen molar-refractivity contribution in [3.05, 3.63) is 53.1 Å². The van der Waals surface area contributed by atoms with Crippen molar-refractivity contribution in [2.45, 2.75) is 51.5 Å². The van der Waals surface area contributed by atoms with Crippen molar-refractivity contribution in [2.75, 3.05) is 51.3 Å². The molecule has 1 atom stereocenters. The Morgan fingerprint density at radius 1 is 1.08 bits per heavy atom. The number of aryl methyl sites for hydroxylation is 2. The van der Waals surface area contributed by atoms with Gasteiger partial charge in [-0.1, -0.05) is 25.2 Å². The van der Waals surface area contributed by atoms with Gasteiger partial charge in [-0.25, -0.2) is 13.4 Å². The van der Waals surface area contributed by atoms with E-state index >= 15 is 0 Å². The van der Waals surface area contributed by atoms with E-state index in [1.807, 2.05) is 0 Å². The molecule has 0 saturated carbocycles. The maximum atomic E-state index is 13.8. The van der Waals surface area contributed by atoms with Gasteiger partial charge in [0, 0.05) is 38.9 Å². The van der Waals surface area contributed by atoms with Crippen LogP contribution in [0.5, 0.6) is 0 Å². The lowest BCUT2D eigenvalue weighted by Gasteiger charge is -2.25. The normalized spacial score (nSPS) is 15.7. The van der Waals surface area contributed by atoms with Gasteiger partial charge in [0.15, 0.2) is 5.13 Å². The summed E-state index contributed by atoms with van der Waals surface area (Å²) in [7, 11) is -2.11. The molecule has 1 aromatic heterocycles. The van der Waals surface area contributed by atoms with Gasteiger partial charge in [-0.2, -0.15) is 4.31 Å². The Hall–Kier alpha value is -2.08. The molecule has 0 bridgehead atoms. The van der Waals surface area contributed by atoms with Crippen molar-refractivity contribution < 1.29 is 17.9 Å². The number of nitrogens with zero attached hydrogens (tertiary/aromatic N) is 4. The number of benzene rings is 2. The van der Waals surface area contributed by atoms with E-state index < -0.39 is 10.0 Å². The standard InChI is InChI=1S/C28H38N4O4S2.ClH/c1-6-31(7-2)14-15-32(28-29-25-17-20(3)21(4)18-26(25)37-28)27(33)22-10-12-24(13-11-22)38(34,35)30(5)19-23-9-8-16-36-23;/h10-13,17-18,23H,6-9,14-16,19H2,1-5H3;1H. The fraction of sp³-hybridized carbons (Fsp3) is 0.500. The monoisotopic (exact) mass is 594 g/mol. The third-order valence-electron chi connectivity index (χ3n) is 7.30. The molecule has 0 spiro atoms. The van der Waals surface area contributed by atoms with E-state index in [2.05, 4.69) is 44.7 Å². The largest absolute Gasteiger partial charge is 0.377 e. The Morgan fingerprint density at radius 3 is 2.36 bits per heavy atom. The predicted octanol–water partition coefficient (Wildman–Crippen LogP) is 5.12. The predicted molar refractivity (Wildman–Crippen MR) is 161 cm³/mol. The lowest BCUT2D eigenvalue weighted by atomic mass is 10.1. The second-order valence-electron chi connectivity index (χ2n) is 9.83. The summed E-state index contributed by atoms with van der Waals surface area (Å²) >= 11 is 1.51. The zero-order chi connectivity index (χ0) is 27.4. The highest BCUT2D eigenvalue weighted by Crippen LogP contribution is 2.32. The fourth-order valence-corrected chi connectivity index (χ4v) is 6.90. The molecule has 1 amide bonds. The molecule has 1 saturated heterocycles. The maximum Gasteiger partial charge on any atom is 0.260 e. The van der Waals surface area contributed by atoms with E-state index in [0.717, 1.165) is 41.7 Å². The van der Waals surface area contributed by atoms with Gasteiger partial charge in [0.2, 0.25) is 10.0 Å². The zero-order valence-electron chi connectivity index (χ0n) is 23.3. The zero-order valence-corrected chi connectivity index (χ0v) is 25.8. The Labute approximate surface area is 242 Å². The molecule has 1 aliphatic rings. The molecule has 1 aliphatic heterocycles. The number of hydrogen-bond donors (Lipinski definition) is 0. The number of likely N-dealkylation sites (N-methyl/N-ethyl adjacent to an activating group) is 2. The molecule has 3 aromatic rings. The summed E-state index contributed by atoms with van der Waals surface area (Å²) in [6.07, 6.45) is 1.74. The highest BCUT2D eigenvalue weighted by Gasteiger charge is 2.27. The highest BCUT2D eigenvalue weighted by molar-refractivity contribution is 7.89. The van der Waals surface area contributed by atoms with E-state index in [9.17, 15) is 13.2 Å². The number of thiazole rings is 1. The molecule has 8 nitrogen and oxygen atoms in total. The first kappa shape index (κ1) is 31.4. The number of carbonyl (C=O) groups is 1. The van der Waals surface area contributed by atoms with Gasteiger partial charge < -0.3 is 9.64 Å². The number of amides is 1. The van der Waals surface area contributed by atoms with Crippen molar-refractivity contribution in [3.63, 3.8) is 0 Å². The van der Waals surface area contributed by atoms with Crippen LogP contribution in [-0.2, 0) is 14.8 Å². The van der Waals surface area contributed by atoms with E-state index in [-0.39, 0.29) is 29.3 Å². The molecule has 214 valence electrons. The lowest BCUT2D eigenvalue weighted by Crippen LogP contribution is -2.39. The molecular formula is C28H39ClN4O4S2. The van der Waals surface area contributed by atoms with Crippen LogP contribution in [0.3, 0.4) is 0 Å². The number of anilines is 1. The molecule has 0 N–H and O–H groups in total. The van der Waals surface area contributed by atoms with E-state index in [1.54, 1.807) is 24.1 Å². The van der Waals surface area contributed by atoms with Crippen LogP contribution in [0.4, 0.5) is 5.13 Å². The van der Waals surface area contributed by atoms with Crippen molar-refractivity contribution in [2.24, 2.45) is 0 Å². The Balaban J connectivity index is 0.00000420. The van der Waals surface area contributed by atoms with Crippen LogP contribution in [0.25, 0.3) is 10.2 Å². The average molecular weight is 595 g/mol. The number of rotatable bonds is 11. The van der Waals surface area contributed by atoms with Crippen LogP contribution in [0.1, 0.15) is 48.2 Å². The summed E-state index contributed by atoms with van der Waals surface area (Å²) in [6.45, 7) is 12.3. The third kappa shape index (κ3) is 7.17. The van der Waals surface area contributed by atoms with Gasteiger partial charge in [0.05, 0.1) is 21.2 Å². The molecule has 2 heterocycles. The molecule has 4 rings (SSSR count). The quantitative estimate of drug-likeness (QED) is 0.306. The minimum absolute atomic E-state index is 0. The summed E-state index contributed by atoms with van der Waals surface area (Å²) in [5, 5.41) is 0.648. The van der Waals surface area contributed by atoms with Gasteiger partial charge in [-0.3, -0.25) is 9.69 Å². The third-order valence-corrected chi connectivity index (χ3v) is 10.2. The molecule has 39 heavy (non-hydrogen) atoms. The van der Waals surface area contributed by atoms with Gasteiger partial charge in [-0.15, -0.1) is 12.4 Å². The molecule has 11 heteroatoms. The average Bonchev–Trinajstić information content (AvgIpc) is 3.56. The van der Waals surface area contributed by atoms with Crippen molar-refractivity contribution in [1.82, 2.24) is 14.2 Å². The topological polar surface area (TPSA) is 83.1 Å². The molecular weight excluding hydrogens is 556 g/mol. The highest BCUT2D eigenvalue weighted by atomic mass is 35.5. The Bertz CT molecular complexity index is 1330. The summed E-state index contributed by atoms with van der Waals surface area (Å²) in [5.74, 6) is -0.193. The first-order chi connectivity index (χ1) is 18.1. The van der Waals surface area contributed by atoms with Gasteiger partial charge in [-0.05, 0) is 87.3 Å². The van der Waals surface area contributed by atoms with Gasteiger partial charge in [0.25, 0.3) is 5.91 Å². The van der Waals surface area contributed by atoms with Gasteiger partial charge in [0.1, 0.15) is 0 Å². The van der Waals surface area contributed by atoms with Crippen LogP contribution in [0.2, 0.25) is 0 Å². The summed E-state index contributed by atoms with van der Waals surface area (Å²) in [4.78, 5) is 22.7. The number of sulfonamides is 1. The molecule has 0 radical (unpaired) electrons. The summed E-state index contributed by atoms with van der Waals surface area (Å²) in [6, 6.07) is 10.4. The minimum atomic E-state index is -3.68. The number of ether oxygens (including phenoxy) is 1. The van der Waals surface area contributed by atoms with Gasteiger partial charge >= 0.3 is 0 Å². The van der Waals surface area contributed by atoms with Crippen LogP contribution >= 0.6 is 23.7 Å². The van der Waals surface area contributed by atoms with Crippen LogP contribution in [0, 0.1) is 13.8 Å². The van der Waals surface area contributed by atoms with Crippen LogP contribution < -0.4 is 4.90 Å². The van der Waals surface area contributed by atoms with E-state index in [4.69, 9.17) is 9.72 Å². The van der Waals surface area contributed by atoms with Crippen molar-refractivity contribution in [3.8, 4) is 0 Å². The number of aromatic nitrogens is 1. The lowest BCUT2D eigenvalue weighted by molar-refractivity contribution is 0.0978. The van der Waals surface area contributed by atoms with E-state index in [1.165, 1.54) is 33.3 Å². The molecule has 1 unspecified atom stereocenters. The number of carbonyl (C=O) groups excluding carboxylic acids is 1. The maximum absolute atomic E-state index is 13.8. The summed E-state index contributed by atoms with van der Waals surface area (Å²) < 4.78 is 34.2.